The van der Waals surface area contributed by atoms with Gasteiger partial charge in [-0.15, -0.1) is 0 Å². The molecule has 92 valence electrons. The average Bonchev–Trinajstić information content (AvgIpc) is 2.23. The smallest absolute Gasteiger partial charge is 0.246 e. The summed E-state index contributed by atoms with van der Waals surface area (Å²) in [6, 6.07) is -0.183. The Kier molecular flexibility index (Phi) is 4.89. The van der Waals surface area contributed by atoms with E-state index in [2.05, 4.69) is 10.2 Å². The molecule has 1 atom stereocenters. The van der Waals surface area contributed by atoms with Gasteiger partial charge in [-0.05, 0) is 33.5 Å². The van der Waals surface area contributed by atoms with E-state index in [4.69, 9.17) is 0 Å². The van der Waals surface area contributed by atoms with Gasteiger partial charge in [0.15, 0.2) is 0 Å². The van der Waals surface area contributed by atoms with Gasteiger partial charge >= 0.3 is 0 Å². The van der Waals surface area contributed by atoms with Crippen molar-refractivity contribution in [1.82, 2.24) is 15.1 Å². The van der Waals surface area contributed by atoms with Gasteiger partial charge in [-0.3, -0.25) is 19.8 Å². The van der Waals surface area contributed by atoms with Crippen LogP contribution >= 0.6 is 0 Å². The summed E-state index contributed by atoms with van der Waals surface area (Å²) in [4.78, 5) is 26.9. The Labute approximate surface area is 96.8 Å². The van der Waals surface area contributed by atoms with Gasteiger partial charge in [0.25, 0.3) is 0 Å². The van der Waals surface area contributed by atoms with Gasteiger partial charge in [0, 0.05) is 6.54 Å². The fourth-order valence-corrected chi connectivity index (χ4v) is 1.80. The standard InChI is InChI=1S/C11H21N3O2/c1-4-9-11(16)14(10(15)8-12-9)7-5-6-13(2)3/h9,12H,4-8H2,1-3H3. The van der Waals surface area contributed by atoms with Crippen molar-refractivity contribution in [1.29, 1.82) is 0 Å². The highest BCUT2D eigenvalue weighted by Gasteiger charge is 2.32. The number of carbonyl (C=O) groups is 2. The van der Waals surface area contributed by atoms with Crippen LogP contribution in [0, 0.1) is 0 Å². The summed E-state index contributed by atoms with van der Waals surface area (Å²) in [6.45, 7) is 3.66. The van der Waals surface area contributed by atoms with Gasteiger partial charge in [0.2, 0.25) is 11.8 Å². The van der Waals surface area contributed by atoms with Gasteiger partial charge in [-0.1, -0.05) is 6.92 Å². The first-order chi connectivity index (χ1) is 7.56. The summed E-state index contributed by atoms with van der Waals surface area (Å²) in [5.41, 5.74) is 0. The van der Waals surface area contributed by atoms with Crippen molar-refractivity contribution >= 4 is 11.8 Å². The first kappa shape index (κ1) is 13.1. The topological polar surface area (TPSA) is 52.7 Å². The van der Waals surface area contributed by atoms with Gasteiger partial charge < -0.3 is 4.90 Å². The fourth-order valence-electron chi connectivity index (χ4n) is 1.80. The first-order valence-electron chi connectivity index (χ1n) is 5.78. The number of imide groups is 1. The third-order valence-corrected chi connectivity index (χ3v) is 2.76. The molecule has 16 heavy (non-hydrogen) atoms. The number of amides is 2. The highest BCUT2D eigenvalue weighted by Crippen LogP contribution is 2.06. The van der Waals surface area contributed by atoms with E-state index < -0.39 is 0 Å². The third-order valence-electron chi connectivity index (χ3n) is 2.76. The molecule has 0 aromatic carbocycles. The molecule has 0 saturated carbocycles. The van der Waals surface area contributed by atoms with Crippen LogP contribution in [0.5, 0.6) is 0 Å². The number of nitrogens with one attached hydrogen (secondary N) is 1. The van der Waals surface area contributed by atoms with E-state index in [9.17, 15) is 9.59 Å². The molecule has 0 aromatic heterocycles. The molecule has 0 aliphatic carbocycles. The van der Waals surface area contributed by atoms with Crippen LogP contribution in [0.1, 0.15) is 19.8 Å². The van der Waals surface area contributed by atoms with Crippen molar-refractivity contribution in [3.8, 4) is 0 Å². The lowest BCUT2D eigenvalue weighted by molar-refractivity contribution is -0.149. The lowest BCUT2D eigenvalue weighted by Gasteiger charge is -2.31. The molecule has 1 N–H and O–H groups in total. The van der Waals surface area contributed by atoms with Gasteiger partial charge in [-0.2, -0.15) is 0 Å². The Bertz CT molecular complexity index is 266. The molecule has 1 fully saturated rings. The summed E-state index contributed by atoms with van der Waals surface area (Å²) in [6.07, 6.45) is 1.57. The number of piperazine rings is 1. The molecule has 1 heterocycles. The minimum absolute atomic E-state index is 0.0718. The van der Waals surface area contributed by atoms with E-state index in [-0.39, 0.29) is 24.4 Å². The van der Waals surface area contributed by atoms with Crippen LogP contribution in [0.25, 0.3) is 0 Å². The Hall–Kier alpha value is -0.940. The lowest BCUT2D eigenvalue weighted by Crippen LogP contribution is -2.58. The minimum atomic E-state index is -0.183. The lowest BCUT2D eigenvalue weighted by atomic mass is 10.1. The highest BCUT2D eigenvalue weighted by molar-refractivity contribution is 6.01. The fraction of sp³-hybridized carbons (Fsp3) is 0.818. The minimum Gasteiger partial charge on any atom is -0.309 e. The maximum atomic E-state index is 11.9. The van der Waals surface area contributed by atoms with Gasteiger partial charge in [-0.25, -0.2) is 0 Å². The predicted octanol–water partition coefficient (Wildman–Crippen LogP) is -0.325. The molecule has 0 radical (unpaired) electrons. The first-order valence-corrected chi connectivity index (χ1v) is 5.78. The van der Waals surface area contributed by atoms with Crippen LogP contribution in [-0.4, -0.2) is 61.4 Å². The molecule has 1 aliphatic heterocycles. The number of carbonyl (C=O) groups excluding carboxylic acids is 2. The zero-order valence-corrected chi connectivity index (χ0v) is 10.3. The molecule has 5 nitrogen and oxygen atoms in total. The van der Waals surface area contributed by atoms with E-state index >= 15 is 0 Å². The molecular weight excluding hydrogens is 206 g/mol. The number of rotatable bonds is 5. The normalized spacial score (nSPS) is 22.0. The Morgan fingerprint density at radius 3 is 2.69 bits per heavy atom. The molecule has 0 bridgehead atoms. The van der Waals surface area contributed by atoms with Crippen molar-refractivity contribution < 1.29 is 9.59 Å². The second-order valence-electron chi connectivity index (χ2n) is 4.38. The van der Waals surface area contributed by atoms with Crippen molar-refractivity contribution in [2.24, 2.45) is 0 Å². The van der Waals surface area contributed by atoms with E-state index in [0.717, 1.165) is 19.4 Å². The highest BCUT2D eigenvalue weighted by atomic mass is 16.2. The van der Waals surface area contributed by atoms with Crippen LogP contribution in [0.4, 0.5) is 0 Å². The molecule has 1 saturated heterocycles. The molecule has 1 unspecified atom stereocenters. The van der Waals surface area contributed by atoms with Crippen molar-refractivity contribution in [2.75, 3.05) is 33.7 Å². The van der Waals surface area contributed by atoms with E-state index in [1.807, 2.05) is 21.0 Å². The Morgan fingerprint density at radius 1 is 1.44 bits per heavy atom. The maximum Gasteiger partial charge on any atom is 0.246 e. The largest absolute Gasteiger partial charge is 0.309 e. The third kappa shape index (κ3) is 3.28. The van der Waals surface area contributed by atoms with Gasteiger partial charge in [0.05, 0.1) is 12.6 Å². The van der Waals surface area contributed by atoms with Crippen LogP contribution in [0.2, 0.25) is 0 Å². The monoisotopic (exact) mass is 227 g/mol. The number of hydrogen-bond acceptors (Lipinski definition) is 4. The van der Waals surface area contributed by atoms with Crippen LogP contribution in [0.15, 0.2) is 0 Å². The van der Waals surface area contributed by atoms with Crippen molar-refractivity contribution in [3.05, 3.63) is 0 Å². The van der Waals surface area contributed by atoms with Crippen molar-refractivity contribution in [3.63, 3.8) is 0 Å². The van der Waals surface area contributed by atoms with E-state index in [0.29, 0.717) is 6.54 Å². The second kappa shape index (κ2) is 5.96. The predicted molar refractivity (Wildman–Crippen MR) is 62.0 cm³/mol. The van der Waals surface area contributed by atoms with E-state index in [1.54, 1.807) is 0 Å². The molecule has 1 aliphatic rings. The summed E-state index contributed by atoms with van der Waals surface area (Å²) in [7, 11) is 3.96. The van der Waals surface area contributed by atoms with Crippen LogP contribution in [0.3, 0.4) is 0 Å². The zero-order valence-electron chi connectivity index (χ0n) is 10.3. The molecule has 0 spiro atoms. The quantitative estimate of drug-likeness (QED) is 0.654. The Morgan fingerprint density at radius 2 is 2.12 bits per heavy atom. The molecular formula is C11H21N3O2. The molecule has 1 rings (SSSR count). The number of nitrogens with zero attached hydrogens (tertiary/aromatic N) is 2. The van der Waals surface area contributed by atoms with Gasteiger partial charge in [0.1, 0.15) is 0 Å². The van der Waals surface area contributed by atoms with E-state index in [1.165, 1.54) is 4.90 Å². The number of hydrogen-bond donors (Lipinski definition) is 1. The molecule has 5 heteroatoms. The average molecular weight is 227 g/mol. The van der Waals surface area contributed by atoms with Crippen molar-refractivity contribution in [2.45, 2.75) is 25.8 Å². The SMILES string of the molecule is CCC1NCC(=O)N(CCCN(C)C)C1=O. The second-order valence-corrected chi connectivity index (χ2v) is 4.38. The zero-order chi connectivity index (χ0) is 12.1. The summed E-state index contributed by atoms with van der Waals surface area (Å²) in [5.74, 6) is -0.175. The summed E-state index contributed by atoms with van der Waals surface area (Å²) < 4.78 is 0. The summed E-state index contributed by atoms with van der Waals surface area (Å²) >= 11 is 0. The van der Waals surface area contributed by atoms with Crippen LogP contribution < -0.4 is 5.32 Å². The maximum absolute atomic E-state index is 11.9. The van der Waals surface area contributed by atoms with Crippen LogP contribution in [-0.2, 0) is 9.59 Å². The molecule has 0 aromatic rings. The Balaban J connectivity index is 2.48. The summed E-state index contributed by atoms with van der Waals surface area (Å²) in [5, 5.41) is 2.95. The molecule has 2 amide bonds.